The highest BCUT2D eigenvalue weighted by Crippen LogP contribution is 2.18. The quantitative estimate of drug-likeness (QED) is 0.337. The molecule has 3 aromatic rings. The number of ether oxygens (including phenoxy) is 2. The maximum absolute atomic E-state index is 13.4. The number of rotatable bonds is 11. The molecule has 2 atom stereocenters. The normalized spacial score (nSPS) is 12.7. The van der Waals surface area contributed by atoms with E-state index in [1.807, 2.05) is 66.7 Å². The monoisotopic (exact) mass is 433 g/mol. The summed E-state index contributed by atoms with van der Waals surface area (Å²) in [7, 11) is 2.85. The number of Topliss-reactive ketones (excluding diaryl/α,β-unsaturated/α-hetero) is 1. The topological polar surface area (TPSA) is 65.1 Å². The SMILES string of the molecule is CON(C)C(=O)[C@H](OCc1ccccc1)[C@@H](OCc1ccccc1)C(=O)c1ccccc1. The van der Waals surface area contributed by atoms with Crippen LogP contribution in [0.15, 0.2) is 91.0 Å². The molecule has 32 heavy (non-hydrogen) atoms. The van der Waals surface area contributed by atoms with Gasteiger partial charge < -0.3 is 9.47 Å². The molecule has 0 spiro atoms. The van der Waals surface area contributed by atoms with Gasteiger partial charge in [0.1, 0.15) is 0 Å². The van der Waals surface area contributed by atoms with Gasteiger partial charge in [-0.15, -0.1) is 0 Å². The third-order valence-corrected chi connectivity index (χ3v) is 4.96. The molecule has 0 bridgehead atoms. The zero-order chi connectivity index (χ0) is 22.8. The molecule has 0 N–H and O–H groups in total. The first-order valence-electron chi connectivity index (χ1n) is 10.3. The summed E-state index contributed by atoms with van der Waals surface area (Å²) in [5.74, 6) is -0.844. The molecular formula is C26H27NO5. The van der Waals surface area contributed by atoms with Crippen molar-refractivity contribution >= 4 is 11.7 Å². The van der Waals surface area contributed by atoms with Crippen molar-refractivity contribution in [3.63, 3.8) is 0 Å². The molecule has 0 saturated heterocycles. The minimum Gasteiger partial charge on any atom is -0.362 e. The van der Waals surface area contributed by atoms with E-state index < -0.39 is 18.1 Å². The standard InChI is InChI=1S/C26H27NO5/c1-27(30-2)26(29)25(32-19-21-14-8-4-9-15-21)24(23(28)22-16-10-5-11-17-22)31-18-20-12-6-3-7-13-20/h3-17,24-25H,18-19H2,1-2H3/t24-,25+/m0/s1. The van der Waals surface area contributed by atoms with Crippen LogP contribution in [0, 0.1) is 0 Å². The van der Waals surface area contributed by atoms with Crippen LogP contribution in [0.4, 0.5) is 0 Å². The van der Waals surface area contributed by atoms with Crippen LogP contribution in [0.2, 0.25) is 0 Å². The molecule has 0 heterocycles. The van der Waals surface area contributed by atoms with Gasteiger partial charge in [0.25, 0.3) is 5.91 Å². The van der Waals surface area contributed by atoms with Crippen molar-refractivity contribution in [1.82, 2.24) is 5.06 Å². The van der Waals surface area contributed by atoms with Crippen LogP contribution in [0.25, 0.3) is 0 Å². The van der Waals surface area contributed by atoms with Crippen LogP contribution in [0.3, 0.4) is 0 Å². The molecule has 0 aliphatic rings. The van der Waals surface area contributed by atoms with Gasteiger partial charge >= 0.3 is 0 Å². The van der Waals surface area contributed by atoms with Crippen molar-refractivity contribution in [2.45, 2.75) is 25.4 Å². The lowest BCUT2D eigenvalue weighted by molar-refractivity contribution is -0.189. The molecule has 6 nitrogen and oxygen atoms in total. The predicted molar refractivity (Wildman–Crippen MR) is 121 cm³/mol. The van der Waals surface area contributed by atoms with Crippen LogP contribution in [-0.4, -0.2) is 43.1 Å². The lowest BCUT2D eigenvalue weighted by Gasteiger charge is -2.28. The van der Waals surface area contributed by atoms with E-state index in [1.54, 1.807) is 24.3 Å². The zero-order valence-electron chi connectivity index (χ0n) is 18.2. The number of nitrogens with zero attached hydrogens (tertiary/aromatic N) is 1. The van der Waals surface area contributed by atoms with E-state index >= 15 is 0 Å². The first-order valence-corrected chi connectivity index (χ1v) is 10.3. The van der Waals surface area contributed by atoms with Crippen LogP contribution in [-0.2, 0) is 32.3 Å². The van der Waals surface area contributed by atoms with E-state index in [9.17, 15) is 9.59 Å². The molecule has 3 aromatic carbocycles. The van der Waals surface area contributed by atoms with Gasteiger partial charge in [-0.1, -0.05) is 91.0 Å². The number of amides is 1. The maximum atomic E-state index is 13.4. The Morgan fingerprint density at radius 2 is 1.16 bits per heavy atom. The fourth-order valence-corrected chi connectivity index (χ4v) is 3.15. The average Bonchev–Trinajstić information content (AvgIpc) is 2.86. The van der Waals surface area contributed by atoms with Crippen LogP contribution in [0.1, 0.15) is 21.5 Å². The summed E-state index contributed by atoms with van der Waals surface area (Å²) in [4.78, 5) is 31.6. The maximum Gasteiger partial charge on any atom is 0.278 e. The minimum absolute atomic E-state index is 0.141. The smallest absolute Gasteiger partial charge is 0.278 e. The fourth-order valence-electron chi connectivity index (χ4n) is 3.15. The Hall–Kier alpha value is -3.32. The largest absolute Gasteiger partial charge is 0.362 e. The van der Waals surface area contributed by atoms with Gasteiger partial charge in [0.15, 0.2) is 18.0 Å². The Morgan fingerprint density at radius 1 is 0.719 bits per heavy atom. The summed E-state index contributed by atoms with van der Waals surface area (Å²) >= 11 is 0. The third kappa shape index (κ3) is 6.34. The van der Waals surface area contributed by atoms with Crippen molar-refractivity contribution < 1.29 is 23.9 Å². The van der Waals surface area contributed by atoms with E-state index in [0.29, 0.717) is 5.56 Å². The Balaban J connectivity index is 1.90. The Morgan fingerprint density at radius 3 is 1.62 bits per heavy atom. The second-order valence-electron chi connectivity index (χ2n) is 7.18. The van der Waals surface area contributed by atoms with Gasteiger partial charge in [-0.2, -0.15) is 0 Å². The van der Waals surface area contributed by atoms with Crippen molar-refractivity contribution in [2.24, 2.45) is 0 Å². The van der Waals surface area contributed by atoms with Crippen molar-refractivity contribution in [1.29, 1.82) is 0 Å². The number of hydroxylamine groups is 2. The van der Waals surface area contributed by atoms with E-state index in [2.05, 4.69) is 0 Å². The summed E-state index contributed by atoms with van der Waals surface area (Å²) in [5, 5.41) is 1.05. The van der Waals surface area contributed by atoms with Crippen molar-refractivity contribution in [2.75, 3.05) is 14.2 Å². The molecule has 1 amide bonds. The summed E-state index contributed by atoms with van der Waals surface area (Å²) in [6, 6.07) is 27.7. The van der Waals surface area contributed by atoms with Crippen LogP contribution < -0.4 is 0 Å². The minimum atomic E-state index is -1.20. The van der Waals surface area contributed by atoms with E-state index in [0.717, 1.165) is 16.2 Å². The van der Waals surface area contributed by atoms with Crippen molar-refractivity contribution in [3.8, 4) is 0 Å². The lowest BCUT2D eigenvalue weighted by atomic mass is 10.0. The second-order valence-corrected chi connectivity index (χ2v) is 7.18. The number of carbonyl (C=O) groups excluding carboxylic acids is 2. The second kappa shape index (κ2) is 11.9. The number of likely N-dealkylation sites (N-methyl/N-ethyl adjacent to an activating group) is 1. The Kier molecular flexibility index (Phi) is 8.69. The highest BCUT2D eigenvalue weighted by atomic mass is 16.7. The Labute approximate surface area is 188 Å². The highest BCUT2D eigenvalue weighted by Gasteiger charge is 2.38. The summed E-state index contributed by atoms with van der Waals surface area (Å²) in [6.07, 6.45) is -2.36. The molecule has 0 aromatic heterocycles. The van der Waals surface area contributed by atoms with E-state index in [4.69, 9.17) is 14.3 Å². The van der Waals surface area contributed by atoms with Gasteiger partial charge in [0, 0.05) is 12.6 Å². The van der Waals surface area contributed by atoms with E-state index in [1.165, 1.54) is 14.2 Å². The number of ketones is 1. The van der Waals surface area contributed by atoms with Gasteiger partial charge in [-0.25, -0.2) is 5.06 Å². The number of hydrogen-bond donors (Lipinski definition) is 0. The molecular weight excluding hydrogens is 406 g/mol. The summed E-state index contributed by atoms with van der Waals surface area (Å²) < 4.78 is 12.0. The predicted octanol–water partition coefficient (Wildman–Crippen LogP) is 4.06. The van der Waals surface area contributed by atoms with Gasteiger partial charge in [0.2, 0.25) is 0 Å². The lowest BCUT2D eigenvalue weighted by Crippen LogP contribution is -2.49. The number of hydrogen-bond acceptors (Lipinski definition) is 5. The molecule has 166 valence electrons. The molecule has 0 unspecified atom stereocenters. The molecule has 0 fully saturated rings. The molecule has 6 heteroatoms. The van der Waals surface area contributed by atoms with E-state index in [-0.39, 0.29) is 19.0 Å². The number of benzene rings is 3. The molecule has 0 saturated carbocycles. The molecule has 0 radical (unpaired) electrons. The van der Waals surface area contributed by atoms with Crippen molar-refractivity contribution in [3.05, 3.63) is 108 Å². The van der Waals surface area contributed by atoms with Crippen LogP contribution >= 0.6 is 0 Å². The molecule has 0 aliphatic carbocycles. The highest BCUT2D eigenvalue weighted by molar-refractivity contribution is 6.02. The zero-order valence-corrected chi connectivity index (χ0v) is 18.2. The Bertz CT molecular complexity index is 979. The third-order valence-electron chi connectivity index (χ3n) is 4.96. The van der Waals surface area contributed by atoms with Gasteiger partial charge in [-0.3, -0.25) is 14.4 Å². The van der Waals surface area contributed by atoms with Gasteiger partial charge in [0.05, 0.1) is 20.3 Å². The average molecular weight is 434 g/mol. The molecule has 3 rings (SSSR count). The first-order chi connectivity index (χ1) is 15.6. The van der Waals surface area contributed by atoms with Gasteiger partial charge in [-0.05, 0) is 11.1 Å². The van der Waals surface area contributed by atoms with Crippen LogP contribution in [0.5, 0.6) is 0 Å². The summed E-state index contributed by atoms with van der Waals surface area (Å²) in [6.45, 7) is 0.293. The number of carbonyl (C=O) groups is 2. The summed E-state index contributed by atoms with van der Waals surface area (Å²) in [5.41, 5.74) is 2.19. The fraction of sp³-hybridized carbons (Fsp3) is 0.231. The first kappa shape index (κ1) is 23.3. The molecule has 0 aliphatic heterocycles.